The number of benzene rings is 3. The van der Waals surface area contributed by atoms with E-state index in [1.807, 2.05) is 42.5 Å². The van der Waals surface area contributed by atoms with Crippen LogP contribution >= 0.6 is 15.9 Å². The van der Waals surface area contributed by atoms with Gasteiger partial charge in [-0.2, -0.15) is 4.68 Å². The average molecular weight is 476 g/mol. The van der Waals surface area contributed by atoms with Crippen LogP contribution in [0.1, 0.15) is 36.7 Å². The zero-order valence-electron chi connectivity index (χ0n) is 17.5. The highest BCUT2D eigenvalue weighted by molar-refractivity contribution is 9.10. The Morgan fingerprint density at radius 2 is 1.58 bits per heavy atom. The number of carbonyl (C=O) groups excluding carboxylic acids is 1. The van der Waals surface area contributed by atoms with Gasteiger partial charge in [0.15, 0.2) is 5.82 Å². The Balaban J connectivity index is 1.79. The van der Waals surface area contributed by atoms with E-state index in [0.717, 1.165) is 15.6 Å². The molecule has 0 bridgehead atoms. The molecule has 0 aliphatic rings. The maximum absolute atomic E-state index is 13.2. The minimum atomic E-state index is -0.377. The Hall–Kier alpha value is -3.25. The van der Waals surface area contributed by atoms with Crippen LogP contribution in [0, 0.1) is 0 Å². The Labute approximate surface area is 188 Å². The van der Waals surface area contributed by atoms with Crippen LogP contribution < -0.4 is 11.0 Å². The van der Waals surface area contributed by atoms with Gasteiger partial charge in [-0.15, -0.1) is 0 Å². The van der Waals surface area contributed by atoms with E-state index in [2.05, 4.69) is 47.1 Å². The fourth-order valence-corrected chi connectivity index (χ4v) is 3.58. The van der Waals surface area contributed by atoms with E-state index in [1.165, 1.54) is 4.68 Å². The number of amides is 1. The van der Waals surface area contributed by atoms with Gasteiger partial charge in [-0.25, -0.2) is 4.98 Å². The van der Waals surface area contributed by atoms with Crippen molar-refractivity contribution in [2.75, 3.05) is 5.43 Å². The number of aromatic nitrogens is 2. The molecular formula is C25H22BrN3O2. The second-order valence-corrected chi connectivity index (χ2v) is 9.28. The first kappa shape index (κ1) is 21.0. The maximum Gasteiger partial charge on any atom is 0.280 e. The number of carbonyl (C=O) groups is 1. The Kier molecular flexibility index (Phi) is 5.50. The highest BCUT2D eigenvalue weighted by atomic mass is 79.9. The van der Waals surface area contributed by atoms with Crippen LogP contribution in [0.5, 0.6) is 0 Å². The first-order chi connectivity index (χ1) is 14.7. The molecule has 3 aromatic carbocycles. The highest BCUT2D eigenvalue weighted by Gasteiger charge is 2.17. The minimum absolute atomic E-state index is 0.0109. The first-order valence-corrected chi connectivity index (χ1v) is 10.7. The van der Waals surface area contributed by atoms with Gasteiger partial charge in [0.25, 0.3) is 11.5 Å². The molecule has 0 fully saturated rings. The zero-order chi connectivity index (χ0) is 22.2. The van der Waals surface area contributed by atoms with Gasteiger partial charge in [-0.05, 0) is 47.4 Å². The monoisotopic (exact) mass is 475 g/mol. The molecule has 4 rings (SSSR count). The predicted octanol–water partition coefficient (Wildman–Crippen LogP) is 5.51. The van der Waals surface area contributed by atoms with Gasteiger partial charge in [0.1, 0.15) is 0 Å². The summed E-state index contributed by atoms with van der Waals surface area (Å²) in [6.07, 6.45) is 0. The second kappa shape index (κ2) is 8.12. The summed E-state index contributed by atoms with van der Waals surface area (Å²) in [6.45, 7) is 6.35. The number of para-hydroxylation sites is 1. The third kappa shape index (κ3) is 4.30. The molecule has 4 aromatic rings. The number of hydrogen-bond donors (Lipinski definition) is 1. The summed E-state index contributed by atoms with van der Waals surface area (Å²) in [7, 11) is 0. The molecule has 156 valence electrons. The molecule has 0 saturated heterocycles. The van der Waals surface area contributed by atoms with E-state index in [4.69, 9.17) is 0 Å². The van der Waals surface area contributed by atoms with Gasteiger partial charge >= 0.3 is 0 Å². The minimum Gasteiger partial charge on any atom is -0.267 e. The Morgan fingerprint density at radius 1 is 0.935 bits per heavy atom. The fourth-order valence-electron chi connectivity index (χ4n) is 3.32. The summed E-state index contributed by atoms with van der Waals surface area (Å²) in [6, 6.07) is 22.0. The number of nitrogens with one attached hydrogen (secondary N) is 1. The Bertz CT molecular complexity index is 1320. The molecule has 0 saturated carbocycles. The van der Waals surface area contributed by atoms with Gasteiger partial charge in [0.05, 0.1) is 10.9 Å². The number of fused-ring (bicyclic) bond motifs is 1. The van der Waals surface area contributed by atoms with Crippen molar-refractivity contribution in [2.24, 2.45) is 0 Å². The molecule has 31 heavy (non-hydrogen) atoms. The lowest BCUT2D eigenvalue weighted by molar-refractivity contribution is 0.101. The normalized spacial score (nSPS) is 11.5. The third-order valence-electron chi connectivity index (χ3n) is 5.10. The summed E-state index contributed by atoms with van der Waals surface area (Å²) < 4.78 is 2.14. The largest absolute Gasteiger partial charge is 0.280 e. The predicted molar refractivity (Wildman–Crippen MR) is 128 cm³/mol. The molecule has 0 aliphatic carbocycles. The van der Waals surface area contributed by atoms with Gasteiger partial charge in [0, 0.05) is 15.6 Å². The van der Waals surface area contributed by atoms with Crippen LogP contribution in [-0.4, -0.2) is 15.6 Å². The summed E-state index contributed by atoms with van der Waals surface area (Å²) in [4.78, 5) is 30.9. The fraction of sp³-hybridized carbons (Fsp3) is 0.160. The quantitative estimate of drug-likeness (QED) is 0.424. The SMILES string of the molecule is CC(C)(C)c1ccc(C(=O)Nn2c(-c3ccc(Br)cc3)nc3ccccc3c2=O)cc1. The molecule has 1 N–H and O–H groups in total. The van der Waals surface area contributed by atoms with Gasteiger partial charge in [-0.3, -0.25) is 15.0 Å². The summed E-state index contributed by atoms with van der Waals surface area (Å²) >= 11 is 3.42. The van der Waals surface area contributed by atoms with Crippen molar-refractivity contribution in [3.8, 4) is 11.4 Å². The van der Waals surface area contributed by atoms with Crippen LogP contribution in [0.3, 0.4) is 0 Å². The van der Waals surface area contributed by atoms with Crippen LogP contribution in [0.25, 0.3) is 22.3 Å². The van der Waals surface area contributed by atoms with Gasteiger partial charge in [-0.1, -0.05) is 73.1 Å². The van der Waals surface area contributed by atoms with Gasteiger partial charge < -0.3 is 0 Å². The van der Waals surface area contributed by atoms with Crippen LogP contribution in [0.2, 0.25) is 0 Å². The lowest BCUT2D eigenvalue weighted by Gasteiger charge is -2.19. The second-order valence-electron chi connectivity index (χ2n) is 8.37. The molecule has 1 amide bonds. The summed E-state index contributed by atoms with van der Waals surface area (Å²) in [5.41, 5.74) is 5.30. The first-order valence-electron chi connectivity index (χ1n) is 9.94. The van der Waals surface area contributed by atoms with Gasteiger partial charge in [0.2, 0.25) is 0 Å². The van der Waals surface area contributed by atoms with Crippen molar-refractivity contribution in [1.82, 2.24) is 9.66 Å². The van der Waals surface area contributed by atoms with E-state index in [1.54, 1.807) is 30.3 Å². The molecule has 1 aromatic heterocycles. The van der Waals surface area contributed by atoms with E-state index in [9.17, 15) is 9.59 Å². The van der Waals surface area contributed by atoms with Crippen molar-refractivity contribution in [3.05, 3.63) is 98.7 Å². The summed E-state index contributed by atoms with van der Waals surface area (Å²) in [5, 5.41) is 0.437. The van der Waals surface area contributed by atoms with Crippen LogP contribution in [0.15, 0.2) is 82.1 Å². The van der Waals surface area contributed by atoms with Crippen molar-refractivity contribution >= 4 is 32.7 Å². The lowest BCUT2D eigenvalue weighted by Crippen LogP contribution is -2.35. The van der Waals surface area contributed by atoms with Crippen molar-refractivity contribution < 1.29 is 4.79 Å². The molecule has 5 nitrogen and oxygen atoms in total. The Morgan fingerprint density at radius 3 is 2.23 bits per heavy atom. The highest BCUT2D eigenvalue weighted by Crippen LogP contribution is 2.23. The molecular weight excluding hydrogens is 454 g/mol. The number of rotatable bonds is 3. The number of hydrogen-bond acceptors (Lipinski definition) is 3. The van der Waals surface area contributed by atoms with E-state index in [-0.39, 0.29) is 16.9 Å². The molecule has 0 unspecified atom stereocenters. The zero-order valence-corrected chi connectivity index (χ0v) is 19.1. The molecule has 0 atom stereocenters. The third-order valence-corrected chi connectivity index (χ3v) is 5.63. The molecule has 0 aliphatic heterocycles. The molecule has 6 heteroatoms. The van der Waals surface area contributed by atoms with E-state index >= 15 is 0 Å². The van der Waals surface area contributed by atoms with Crippen molar-refractivity contribution in [2.45, 2.75) is 26.2 Å². The van der Waals surface area contributed by atoms with E-state index in [0.29, 0.717) is 22.3 Å². The molecule has 0 radical (unpaired) electrons. The average Bonchev–Trinajstić information content (AvgIpc) is 2.75. The lowest BCUT2D eigenvalue weighted by atomic mass is 9.87. The summed E-state index contributed by atoms with van der Waals surface area (Å²) in [5.74, 6) is -0.00568. The maximum atomic E-state index is 13.2. The van der Waals surface area contributed by atoms with Crippen molar-refractivity contribution in [1.29, 1.82) is 0 Å². The van der Waals surface area contributed by atoms with Crippen molar-refractivity contribution in [3.63, 3.8) is 0 Å². The van der Waals surface area contributed by atoms with Crippen LogP contribution in [-0.2, 0) is 5.41 Å². The topological polar surface area (TPSA) is 64.0 Å². The molecule has 1 heterocycles. The number of halogens is 1. The number of nitrogens with zero attached hydrogens (tertiary/aromatic N) is 2. The van der Waals surface area contributed by atoms with Crippen LogP contribution in [0.4, 0.5) is 0 Å². The standard InChI is InChI=1S/C25H22BrN3O2/c1-25(2,3)18-12-8-17(9-13-18)23(30)28-29-22(16-10-14-19(26)15-11-16)27-21-7-5-4-6-20(21)24(29)31/h4-15H,1-3H3,(H,28,30). The smallest absolute Gasteiger partial charge is 0.267 e. The van der Waals surface area contributed by atoms with E-state index < -0.39 is 0 Å². The molecule has 0 spiro atoms.